The molecule has 0 aliphatic rings. The molecule has 0 radical (unpaired) electrons. The number of ether oxygens (including phenoxy) is 2. The summed E-state index contributed by atoms with van der Waals surface area (Å²) in [6, 6.07) is 19.9. The number of nitrogens with zero attached hydrogens (tertiary/aromatic N) is 1. The van der Waals surface area contributed by atoms with Gasteiger partial charge in [-0.1, -0.05) is 30.3 Å². The van der Waals surface area contributed by atoms with Crippen LogP contribution in [0.3, 0.4) is 0 Å². The van der Waals surface area contributed by atoms with Crippen LogP contribution in [0.2, 0.25) is 0 Å². The average Bonchev–Trinajstić information content (AvgIpc) is 2.84. The number of fused-ring (bicyclic) bond motifs is 1. The van der Waals surface area contributed by atoms with Gasteiger partial charge in [-0.05, 0) is 54.5 Å². The van der Waals surface area contributed by atoms with Gasteiger partial charge in [-0.2, -0.15) is 0 Å². The van der Waals surface area contributed by atoms with Crippen molar-refractivity contribution >= 4 is 34.7 Å². The molecule has 0 bridgehead atoms. The Morgan fingerprint density at radius 1 is 1.00 bits per heavy atom. The Bertz CT molecular complexity index is 1430. The van der Waals surface area contributed by atoms with Crippen LogP contribution in [0.5, 0.6) is 11.5 Å². The van der Waals surface area contributed by atoms with E-state index in [9.17, 15) is 9.59 Å². The normalized spacial score (nSPS) is 10.7. The van der Waals surface area contributed by atoms with Crippen LogP contribution in [0.15, 0.2) is 71.5 Å². The number of amides is 1. The van der Waals surface area contributed by atoms with Gasteiger partial charge in [-0.3, -0.25) is 14.2 Å². The SMILES string of the molecule is COc1ccc(NC(=O)c2ccc3c(=O)n(CCc4ccccc4)c(=S)[nH]c3c2)cc1OC. The Morgan fingerprint density at radius 2 is 1.76 bits per heavy atom. The fraction of sp³-hybridized carbons (Fsp3) is 0.160. The molecule has 0 saturated carbocycles. The second-order valence-electron chi connectivity index (χ2n) is 7.41. The lowest BCUT2D eigenvalue weighted by Gasteiger charge is -2.11. The molecule has 3 aromatic carbocycles. The number of aryl methyl sites for hydroxylation is 1. The van der Waals surface area contributed by atoms with Crippen molar-refractivity contribution in [3.8, 4) is 11.5 Å². The van der Waals surface area contributed by atoms with E-state index in [2.05, 4.69) is 10.3 Å². The van der Waals surface area contributed by atoms with Gasteiger partial charge in [0.25, 0.3) is 11.5 Å². The first-order valence-corrected chi connectivity index (χ1v) is 10.7. The molecule has 0 aliphatic heterocycles. The Morgan fingerprint density at radius 3 is 2.48 bits per heavy atom. The van der Waals surface area contributed by atoms with E-state index in [4.69, 9.17) is 21.7 Å². The van der Waals surface area contributed by atoms with Gasteiger partial charge in [-0.25, -0.2) is 0 Å². The van der Waals surface area contributed by atoms with Crippen LogP contribution in [0.4, 0.5) is 5.69 Å². The number of nitrogens with one attached hydrogen (secondary N) is 2. The quantitative estimate of drug-likeness (QED) is 0.394. The third-order valence-corrected chi connectivity index (χ3v) is 5.67. The maximum Gasteiger partial charge on any atom is 0.262 e. The number of aromatic nitrogens is 2. The van der Waals surface area contributed by atoms with Gasteiger partial charge < -0.3 is 19.8 Å². The van der Waals surface area contributed by atoms with Gasteiger partial charge in [-0.15, -0.1) is 0 Å². The molecule has 0 saturated heterocycles. The number of H-pyrrole nitrogens is 1. The molecule has 1 heterocycles. The summed E-state index contributed by atoms with van der Waals surface area (Å²) < 4.78 is 12.4. The van der Waals surface area contributed by atoms with Crippen LogP contribution in [-0.4, -0.2) is 29.7 Å². The standard InChI is InChI=1S/C25H23N3O4S/c1-31-21-11-9-18(15-22(21)32-2)26-23(29)17-8-10-19-20(14-17)27-25(33)28(24(19)30)13-12-16-6-4-3-5-7-16/h3-11,14-15H,12-13H2,1-2H3,(H,26,29)(H,27,33). The van der Waals surface area contributed by atoms with Crippen molar-refractivity contribution in [1.82, 2.24) is 9.55 Å². The molecule has 168 valence electrons. The van der Waals surface area contributed by atoms with Crippen molar-refractivity contribution in [2.75, 3.05) is 19.5 Å². The number of methoxy groups -OCH3 is 2. The third-order valence-electron chi connectivity index (χ3n) is 5.35. The molecule has 8 heteroatoms. The van der Waals surface area contributed by atoms with E-state index in [-0.39, 0.29) is 11.5 Å². The van der Waals surface area contributed by atoms with Crippen LogP contribution < -0.4 is 20.3 Å². The molecule has 4 aromatic rings. The first kappa shape index (κ1) is 22.3. The zero-order chi connectivity index (χ0) is 23.4. The third kappa shape index (κ3) is 4.80. The van der Waals surface area contributed by atoms with Gasteiger partial charge in [0.2, 0.25) is 0 Å². The lowest BCUT2D eigenvalue weighted by molar-refractivity contribution is 0.102. The summed E-state index contributed by atoms with van der Waals surface area (Å²) in [6.07, 6.45) is 0.690. The average molecular weight is 462 g/mol. The first-order valence-electron chi connectivity index (χ1n) is 10.3. The molecule has 7 nitrogen and oxygen atoms in total. The minimum atomic E-state index is -0.323. The van der Waals surface area contributed by atoms with Crippen LogP contribution in [0.25, 0.3) is 10.9 Å². The van der Waals surface area contributed by atoms with E-state index in [0.717, 1.165) is 5.56 Å². The van der Waals surface area contributed by atoms with Gasteiger partial charge in [0.05, 0.1) is 25.1 Å². The highest BCUT2D eigenvalue weighted by Crippen LogP contribution is 2.30. The van der Waals surface area contributed by atoms with Gasteiger partial charge in [0, 0.05) is 23.9 Å². The van der Waals surface area contributed by atoms with E-state index in [0.29, 0.717) is 51.4 Å². The molecular weight excluding hydrogens is 438 g/mol. The van der Waals surface area contributed by atoms with Crippen molar-refractivity contribution in [3.05, 3.63) is 93.0 Å². The summed E-state index contributed by atoms with van der Waals surface area (Å²) in [5.74, 6) is 0.753. The monoisotopic (exact) mass is 461 g/mol. The van der Waals surface area contributed by atoms with E-state index in [1.807, 2.05) is 30.3 Å². The smallest absolute Gasteiger partial charge is 0.262 e. The van der Waals surface area contributed by atoms with Crippen molar-refractivity contribution < 1.29 is 14.3 Å². The topological polar surface area (TPSA) is 85.4 Å². The number of hydrogen-bond acceptors (Lipinski definition) is 5. The molecule has 1 amide bonds. The number of carbonyl (C=O) groups excluding carboxylic acids is 1. The van der Waals surface area contributed by atoms with E-state index in [1.165, 1.54) is 7.11 Å². The predicted octanol–water partition coefficient (Wildman–Crippen LogP) is 4.57. The molecular formula is C25H23N3O4S. The summed E-state index contributed by atoms with van der Waals surface area (Å²) in [4.78, 5) is 28.9. The Balaban J connectivity index is 1.58. The van der Waals surface area contributed by atoms with Gasteiger partial charge in [0.15, 0.2) is 16.3 Å². The lowest BCUT2D eigenvalue weighted by Crippen LogP contribution is -2.23. The van der Waals surface area contributed by atoms with Crippen LogP contribution in [-0.2, 0) is 13.0 Å². The predicted molar refractivity (Wildman–Crippen MR) is 131 cm³/mol. The maximum atomic E-state index is 13.0. The number of anilines is 1. The molecule has 4 rings (SSSR count). The number of rotatable bonds is 7. The van der Waals surface area contributed by atoms with Crippen molar-refractivity contribution in [3.63, 3.8) is 0 Å². The molecule has 0 aliphatic carbocycles. The molecule has 1 aromatic heterocycles. The zero-order valence-corrected chi connectivity index (χ0v) is 19.1. The molecule has 0 atom stereocenters. The zero-order valence-electron chi connectivity index (χ0n) is 18.3. The summed E-state index contributed by atoms with van der Waals surface area (Å²) >= 11 is 5.43. The summed E-state index contributed by atoms with van der Waals surface area (Å²) in [6.45, 7) is 0.468. The molecule has 0 fully saturated rings. The first-order chi connectivity index (χ1) is 16.0. The highest BCUT2D eigenvalue weighted by atomic mass is 32.1. The summed E-state index contributed by atoms with van der Waals surface area (Å²) in [7, 11) is 3.08. The van der Waals surface area contributed by atoms with Gasteiger partial charge >= 0.3 is 0 Å². The minimum absolute atomic E-state index is 0.184. The second kappa shape index (κ2) is 9.70. The minimum Gasteiger partial charge on any atom is -0.493 e. The molecule has 33 heavy (non-hydrogen) atoms. The largest absolute Gasteiger partial charge is 0.493 e. The van der Waals surface area contributed by atoms with E-state index in [1.54, 1.807) is 48.1 Å². The Hall–Kier alpha value is -3.91. The second-order valence-corrected chi connectivity index (χ2v) is 7.79. The molecule has 2 N–H and O–H groups in total. The fourth-order valence-corrected chi connectivity index (χ4v) is 3.89. The fourth-order valence-electron chi connectivity index (χ4n) is 3.60. The number of hydrogen-bond donors (Lipinski definition) is 2. The highest BCUT2D eigenvalue weighted by Gasteiger charge is 2.12. The highest BCUT2D eigenvalue weighted by molar-refractivity contribution is 7.71. The van der Waals surface area contributed by atoms with E-state index >= 15 is 0 Å². The van der Waals surface area contributed by atoms with Crippen molar-refractivity contribution in [2.45, 2.75) is 13.0 Å². The van der Waals surface area contributed by atoms with Crippen LogP contribution in [0.1, 0.15) is 15.9 Å². The Kier molecular flexibility index (Phi) is 6.55. The number of aromatic amines is 1. The van der Waals surface area contributed by atoms with Crippen LogP contribution in [0, 0.1) is 4.77 Å². The Labute approximate surface area is 195 Å². The molecule has 0 unspecified atom stereocenters. The van der Waals surface area contributed by atoms with Crippen LogP contribution >= 0.6 is 12.2 Å². The van der Waals surface area contributed by atoms with Gasteiger partial charge in [0.1, 0.15) is 0 Å². The number of carbonyl (C=O) groups is 1. The lowest BCUT2D eigenvalue weighted by atomic mass is 10.1. The van der Waals surface area contributed by atoms with Crippen molar-refractivity contribution in [2.24, 2.45) is 0 Å². The number of benzene rings is 3. The molecule has 0 spiro atoms. The van der Waals surface area contributed by atoms with E-state index < -0.39 is 0 Å². The summed E-state index contributed by atoms with van der Waals surface area (Å²) in [5.41, 5.74) is 2.41. The summed E-state index contributed by atoms with van der Waals surface area (Å²) in [5, 5.41) is 3.30. The van der Waals surface area contributed by atoms with Crippen molar-refractivity contribution in [1.29, 1.82) is 0 Å². The maximum absolute atomic E-state index is 13.0.